The van der Waals surface area contributed by atoms with Gasteiger partial charge >= 0.3 is 0 Å². The Morgan fingerprint density at radius 2 is 1.59 bits per heavy atom. The van der Waals surface area contributed by atoms with E-state index in [1.54, 1.807) is 43.6 Å². The third-order valence-corrected chi connectivity index (χ3v) is 4.21. The molecule has 0 aliphatic carbocycles. The quantitative estimate of drug-likeness (QED) is 0.633. The first kappa shape index (κ1) is 18.5. The van der Waals surface area contributed by atoms with E-state index in [9.17, 15) is 4.79 Å². The SMILES string of the molecule is COc1ccc(NC(=O)c2cc(Nc3ccc(C(C)C)cc3)ccn2)cc1. The molecule has 0 atom stereocenters. The van der Waals surface area contributed by atoms with Gasteiger partial charge in [0.1, 0.15) is 11.4 Å². The van der Waals surface area contributed by atoms with Crippen molar-refractivity contribution in [1.29, 1.82) is 0 Å². The van der Waals surface area contributed by atoms with Gasteiger partial charge in [0.05, 0.1) is 7.11 Å². The van der Waals surface area contributed by atoms with Crippen LogP contribution in [0.25, 0.3) is 0 Å². The Balaban J connectivity index is 1.69. The van der Waals surface area contributed by atoms with Crippen LogP contribution in [0.2, 0.25) is 0 Å². The summed E-state index contributed by atoms with van der Waals surface area (Å²) in [5.41, 5.74) is 4.09. The monoisotopic (exact) mass is 361 g/mol. The number of nitrogens with one attached hydrogen (secondary N) is 2. The Hall–Kier alpha value is -3.34. The number of hydrogen-bond acceptors (Lipinski definition) is 4. The van der Waals surface area contributed by atoms with Crippen LogP contribution in [0.4, 0.5) is 17.1 Å². The van der Waals surface area contributed by atoms with E-state index in [-0.39, 0.29) is 5.91 Å². The summed E-state index contributed by atoms with van der Waals surface area (Å²) in [6, 6.07) is 19.0. The number of carbonyl (C=O) groups is 1. The largest absolute Gasteiger partial charge is 0.497 e. The lowest BCUT2D eigenvalue weighted by Crippen LogP contribution is -2.13. The van der Waals surface area contributed by atoms with Gasteiger partial charge in [-0.05, 0) is 60.0 Å². The molecule has 0 fully saturated rings. The second-order valence-electron chi connectivity index (χ2n) is 6.51. The summed E-state index contributed by atoms with van der Waals surface area (Å²) >= 11 is 0. The minimum Gasteiger partial charge on any atom is -0.497 e. The number of pyridine rings is 1. The van der Waals surface area contributed by atoms with E-state index in [0.717, 1.165) is 17.1 Å². The molecule has 0 aliphatic heterocycles. The number of amides is 1. The molecule has 3 rings (SSSR count). The fourth-order valence-corrected chi connectivity index (χ4v) is 2.62. The van der Waals surface area contributed by atoms with Crippen molar-refractivity contribution >= 4 is 23.0 Å². The molecule has 0 aliphatic rings. The van der Waals surface area contributed by atoms with Crippen molar-refractivity contribution in [3.05, 3.63) is 78.1 Å². The second kappa shape index (κ2) is 8.36. The number of carbonyl (C=O) groups excluding carboxylic acids is 1. The topological polar surface area (TPSA) is 63.2 Å². The Morgan fingerprint density at radius 1 is 0.926 bits per heavy atom. The molecule has 2 N–H and O–H groups in total. The average Bonchev–Trinajstić information content (AvgIpc) is 2.69. The van der Waals surface area contributed by atoms with Crippen molar-refractivity contribution in [2.24, 2.45) is 0 Å². The van der Waals surface area contributed by atoms with Crippen LogP contribution < -0.4 is 15.4 Å². The third kappa shape index (κ3) is 4.85. The van der Waals surface area contributed by atoms with Gasteiger partial charge in [0.25, 0.3) is 5.91 Å². The van der Waals surface area contributed by atoms with E-state index in [1.165, 1.54) is 5.56 Å². The van der Waals surface area contributed by atoms with Crippen molar-refractivity contribution in [3.63, 3.8) is 0 Å². The Bertz CT molecular complexity index is 904. The molecule has 2 aromatic carbocycles. The van der Waals surface area contributed by atoms with Crippen LogP contribution in [0.15, 0.2) is 66.9 Å². The molecule has 27 heavy (non-hydrogen) atoms. The summed E-state index contributed by atoms with van der Waals surface area (Å²) in [5, 5.41) is 6.14. The zero-order valence-electron chi connectivity index (χ0n) is 15.7. The lowest BCUT2D eigenvalue weighted by atomic mass is 10.0. The predicted octanol–water partition coefficient (Wildman–Crippen LogP) is 5.21. The number of hydrogen-bond donors (Lipinski definition) is 2. The fraction of sp³-hybridized carbons (Fsp3) is 0.182. The van der Waals surface area contributed by atoms with Crippen molar-refractivity contribution in [3.8, 4) is 5.75 Å². The van der Waals surface area contributed by atoms with Gasteiger partial charge in [0.2, 0.25) is 0 Å². The van der Waals surface area contributed by atoms with Gasteiger partial charge in [-0.15, -0.1) is 0 Å². The maximum atomic E-state index is 12.5. The minimum absolute atomic E-state index is 0.265. The first-order valence-corrected chi connectivity index (χ1v) is 8.83. The van der Waals surface area contributed by atoms with Crippen LogP contribution in [-0.2, 0) is 0 Å². The summed E-state index contributed by atoms with van der Waals surface area (Å²) in [6.45, 7) is 4.33. The molecule has 0 radical (unpaired) electrons. The maximum absolute atomic E-state index is 12.5. The molecule has 0 spiro atoms. The molecule has 0 saturated carbocycles. The summed E-state index contributed by atoms with van der Waals surface area (Å²) in [7, 11) is 1.60. The van der Waals surface area contributed by atoms with E-state index in [2.05, 4.69) is 41.6 Å². The van der Waals surface area contributed by atoms with Gasteiger partial charge in [0.15, 0.2) is 0 Å². The van der Waals surface area contributed by atoms with Gasteiger partial charge in [-0.25, -0.2) is 0 Å². The van der Waals surface area contributed by atoms with Crippen LogP contribution in [0.5, 0.6) is 5.75 Å². The first-order chi connectivity index (χ1) is 13.0. The third-order valence-electron chi connectivity index (χ3n) is 4.21. The van der Waals surface area contributed by atoms with E-state index in [4.69, 9.17) is 4.74 Å². The van der Waals surface area contributed by atoms with Crippen molar-refractivity contribution in [1.82, 2.24) is 4.98 Å². The van der Waals surface area contributed by atoms with Crippen molar-refractivity contribution in [2.75, 3.05) is 17.7 Å². The minimum atomic E-state index is -0.265. The molecule has 5 heteroatoms. The van der Waals surface area contributed by atoms with Crippen LogP contribution in [-0.4, -0.2) is 18.0 Å². The highest BCUT2D eigenvalue weighted by Gasteiger charge is 2.09. The normalized spacial score (nSPS) is 10.5. The lowest BCUT2D eigenvalue weighted by molar-refractivity contribution is 0.102. The van der Waals surface area contributed by atoms with Crippen molar-refractivity contribution in [2.45, 2.75) is 19.8 Å². The van der Waals surface area contributed by atoms with Gasteiger partial charge in [-0.3, -0.25) is 9.78 Å². The summed E-state index contributed by atoms with van der Waals surface area (Å²) in [5.74, 6) is 0.966. The summed E-state index contributed by atoms with van der Waals surface area (Å²) < 4.78 is 5.12. The first-order valence-electron chi connectivity index (χ1n) is 8.83. The maximum Gasteiger partial charge on any atom is 0.274 e. The van der Waals surface area contributed by atoms with E-state index in [1.807, 2.05) is 18.2 Å². The van der Waals surface area contributed by atoms with Crippen LogP contribution >= 0.6 is 0 Å². The Labute approximate surface area is 159 Å². The van der Waals surface area contributed by atoms with Crippen molar-refractivity contribution < 1.29 is 9.53 Å². The van der Waals surface area contributed by atoms with Crippen LogP contribution in [0, 0.1) is 0 Å². The highest BCUT2D eigenvalue weighted by atomic mass is 16.5. The highest BCUT2D eigenvalue weighted by Crippen LogP contribution is 2.21. The van der Waals surface area contributed by atoms with E-state index < -0.39 is 0 Å². The number of ether oxygens (including phenoxy) is 1. The van der Waals surface area contributed by atoms with Crippen LogP contribution in [0.1, 0.15) is 35.8 Å². The molecule has 0 saturated heterocycles. The molecule has 138 valence electrons. The molecule has 1 aromatic heterocycles. The smallest absolute Gasteiger partial charge is 0.274 e. The average molecular weight is 361 g/mol. The Morgan fingerprint density at radius 3 is 2.22 bits per heavy atom. The van der Waals surface area contributed by atoms with E-state index >= 15 is 0 Å². The number of rotatable bonds is 6. The van der Waals surface area contributed by atoms with Gasteiger partial charge in [-0.1, -0.05) is 26.0 Å². The number of aromatic nitrogens is 1. The summed E-state index contributed by atoms with van der Waals surface area (Å²) in [4.78, 5) is 16.6. The molecule has 1 heterocycles. The van der Waals surface area contributed by atoms with Gasteiger partial charge < -0.3 is 15.4 Å². The molecule has 1 amide bonds. The molecule has 0 bridgehead atoms. The zero-order chi connectivity index (χ0) is 19.2. The molecule has 0 unspecified atom stereocenters. The fourth-order valence-electron chi connectivity index (χ4n) is 2.62. The summed E-state index contributed by atoms with van der Waals surface area (Å²) in [6.07, 6.45) is 1.62. The predicted molar refractivity (Wildman–Crippen MR) is 109 cm³/mol. The molecule has 5 nitrogen and oxygen atoms in total. The number of anilines is 3. The van der Waals surface area contributed by atoms with E-state index in [0.29, 0.717) is 17.3 Å². The molecular weight excluding hydrogens is 338 g/mol. The highest BCUT2D eigenvalue weighted by molar-refractivity contribution is 6.03. The molecular formula is C22H23N3O2. The Kier molecular flexibility index (Phi) is 5.71. The zero-order valence-corrected chi connectivity index (χ0v) is 15.7. The number of methoxy groups -OCH3 is 1. The van der Waals surface area contributed by atoms with Crippen LogP contribution in [0.3, 0.4) is 0 Å². The number of benzene rings is 2. The molecule has 3 aromatic rings. The number of nitrogens with zero attached hydrogens (tertiary/aromatic N) is 1. The lowest BCUT2D eigenvalue weighted by Gasteiger charge is -2.10. The van der Waals surface area contributed by atoms with Gasteiger partial charge in [0, 0.05) is 23.3 Å². The second-order valence-corrected chi connectivity index (χ2v) is 6.51. The van der Waals surface area contributed by atoms with Gasteiger partial charge in [-0.2, -0.15) is 0 Å². The standard InChI is InChI=1S/C22H23N3O2/c1-15(2)16-4-6-17(7-5-16)24-19-12-13-23-21(14-19)22(26)25-18-8-10-20(27-3)11-9-18/h4-15H,1-3H3,(H,23,24)(H,25,26).